The van der Waals surface area contributed by atoms with Crippen LogP contribution in [0.25, 0.3) is 0 Å². The summed E-state index contributed by atoms with van der Waals surface area (Å²) in [5.74, 6) is -0.662. The van der Waals surface area contributed by atoms with Gasteiger partial charge in [0.15, 0.2) is 11.5 Å². The van der Waals surface area contributed by atoms with Crippen LogP contribution in [0.3, 0.4) is 0 Å². The number of phenols is 2. The van der Waals surface area contributed by atoms with Crippen LogP contribution in [0.4, 0.5) is 14.9 Å². The number of nitrogens with zero attached hydrogens (tertiary/aromatic N) is 1. The van der Waals surface area contributed by atoms with Gasteiger partial charge in [-0.3, -0.25) is 4.99 Å². The van der Waals surface area contributed by atoms with Gasteiger partial charge in [-0.15, -0.1) is 0 Å². The predicted molar refractivity (Wildman–Crippen MR) is 129 cm³/mol. The number of phenolic OH excluding ortho intramolecular Hbond substituents is 2. The molecule has 1 heterocycles. The van der Waals surface area contributed by atoms with Crippen molar-refractivity contribution in [2.75, 3.05) is 5.32 Å². The minimum Gasteiger partial charge on any atom is -0.504 e. The number of carbonyl (C=O) groups excluding carboxylic acids is 1. The SMILES string of the molecule is CC(C)CC1(C)N=C(N)CC(Cc2ccc(CNC(=O)Nc3cccc(O)c3O)cc2F)[C@@H]1O. The van der Waals surface area contributed by atoms with Crippen LogP contribution in [0, 0.1) is 17.7 Å². The van der Waals surface area contributed by atoms with Gasteiger partial charge in [-0.25, -0.2) is 9.18 Å². The molecular weight excluding hydrogens is 439 g/mol. The van der Waals surface area contributed by atoms with E-state index in [1.807, 2.05) is 6.92 Å². The summed E-state index contributed by atoms with van der Waals surface area (Å²) in [4.78, 5) is 16.6. The molecular formula is C25H33FN4O4. The van der Waals surface area contributed by atoms with Crippen molar-refractivity contribution in [3.05, 3.63) is 53.3 Å². The number of anilines is 1. The Hall–Kier alpha value is -3.33. The quantitative estimate of drug-likeness (QED) is 0.341. The van der Waals surface area contributed by atoms with Crippen LogP contribution in [-0.2, 0) is 13.0 Å². The van der Waals surface area contributed by atoms with Crippen molar-refractivity contribution in [3.8, 4) is 11.5 Å². The van der Waals surface area contributed by atoms with Crippen LogP contribution >= 0.6 is 0 Å². The van der Waals surface area contributed by atoms with E-state index in [0.717, 1.165) is 0 Å². The number of hydrogen-bond donors (Lipinski definition) is 6. The molecule has 2 unspecified atom stereocenters. The maximum absolute atomic E-state index is 14.9. The maximum Gasteiger partial charge on any atom is 0.319 e. The molecule has 3 rings (SSSR count). The number of amidine groups is 1. The van der Waals surface area contributed by atoms with Crippen LogP contribution in [0.5, 0.6) is 11.5 Å². The van der Waals surface area contributed by atoms with Gasteiger partial charge in [0.2, 0.25) is 0 Å². The summed E-state index contributed by atoms with van der Waals surface area (Å²) in [6.07, 6.45) is 0.670. The number of rotatable bonds is 7. The molecule has 1 aliphatic rings. The van der Waals surface area contributed by atoms with E-state index in [1.165, 1.54) is 24.3 Å². The van der Waals surface area contributed by atoms with E-state index in [2.05, 4.69) is 29.5 Å². The number of aromatic hydroxyl groups is 2. The molecule has 0 saturated carbocycles. The zero-order valence-corrected chi connectivity index (χ0v) is 19.7. The van der Waals surface area contributed by atoms with Crippen molar-refractivity contribution in [2.24, 2.45) is 22.6 Å². The minimum absolute atomic E-state index is 0.0531. The van der Waals surface area contributed by atoms with Crippen LogP contribution in [0.2, 0.25) is 0 Å². The van der Waals surface area contributed by atoms with E-state index in [1.54, 1.807) is 12.1 Å². The van der Waals surface area contributed by atoms with E-state index < -0.39 is 29.2 Å². The molecule has 0 aromatic heterocycles. The van der Waals surface area contributed by atoms with Gasteiger partial charge >= 0.3 is 6.03 Å². The van der Waals surface area contributed by atoms with Gasteiger partial charge in [0, 0.05) is 13.0 Å². The first-order valence-corrected chi connectivity index (χ1v) is 11.3. The van der Waals surface area contributed by atoms with E-state index in [0.29, 0.717) is 42.1 Å². The van der Waals surface area contributed by atoms with Crippen molar-refractivity contribution >= 4 is 17.6 Å². The molecule has 8 nitrogen and oxygen atoms in total. The van der Waals surface area contributed by atoms with Crippen molar-refractivity contribution in [3.63, 3.8) is 0 Å². The highest BCUT2D eigenvalue weighted by Gasteiger charge is 2.42. The Morgan fingerprint density at radius 2 is 2.03 bits per heavy atom. The van der Waals surface area contributed by atoms with Crippen LogP contribution in [-0.4, -0.2) is 38.8 Å². The fourth-order valence-electron chi connectivity index (χ4n) is 4.63. The highest BCUT2D eigenvalue weighted by Crippen LogP contribution is 2.36. The number of hydrogen-bond acceptors (Lipinski definition) is 6. The maximum atomic E-state index is 14.9. The standard InChI is InChI=1S/C25H33FN4O4/c1-14(2)12-25(3)23(33)17(11-21(27)30-25)10-16-8-7-15(9-18(16)26)13-28-24(34)29-19-5-4-6-20(31)22(19)32/h4-9,14,17,23,31-33H,10-13H2,1-3H3,(H2,27,30)(H2,28,29,34)/t17?,23-,25?/m0/s1. The number of nitrogens with two attached hydrogens (primary N) is 1. The van der Waals surface area contributed by atoms with Gasteiger partial charge in [0.1, 0.15) is 5.82 Å². The second-order valence-electron chi connectivity index (χ2n) is 9.58. The van der Waals surface area contributed by atoms with E-state index in [-0.39, 0.29) is 23.9 Å². The summed E-state index contributed by atoms with van der Waals surface area (Å²) in [5, 5.41) is 35.3. The average molecular weight is 473 g/mol. The van der Waals surface area contributed by atoms with Crippen molar-refractivity contribution < 1.29 is 24.5 Å². The number of amides is 2. The molecule has 2 aromatic rings. The molecule has 2 amide bonds. The number of aliphatic hydroxyl groups excluding tert-OH is 1. The lowest BCUT2D eigenvalue weighted by molar-refractivity contribution is 0.0254. The van der Waals surface area contributed by atoms with Crippen molar-refractivity contribution in [1.29, 1.82) is 0 Å². The Morgan fingerprint density at radius 1 is 1.29 bits per heavy atom. The zero-order valence-electron chi connectivity index (χ0n) is 19.7. The van der Waals surface area contributed by atoms with Gasteiger partial charge in [-0.2, -0.15) is 0 Å². The van der Waals surface area contributed by atoms with Crippen LogP contribution in [0.15, 0.2) is 41.4 Å². The first-order valence-electron chi connectivity index (χ1n) is 11.3. The molecule has 3 atom stereocenters. The fourth-order valence-corrected chi connectivity index (χ4v) is 4.63. The highest BCUT2D eigenvalue weighted by molar-refractivity contribution is 5.91. The second-order valence-corrected chi connectivity index (χ2v) is 9.58. The third-order valence-electron chi connectivity index (χ3n) is 6.09. The highest BCUT2D eigenvalue weighted by atomic mass is 19.1. The molecule has 1 aliphatic heterocycles. The number of aliphatic hydroxyl groups is 1. The van der Waals surface area contributed by atoms with E-state index in [4.69, 9.17) is 5.73 Å². The molecule has 2 aromatic carbocycles. The van der Waals surface area contributed by atoms with Crippen LogP contribution < -0.4 is 16.4 Å². The summed E-state index contributed by atoms with van der Waals surface area (Å²) in [7, 11) is 0. The molecule has 0 fully saturated rings. The van der Waals surface area contributed by atoms with Gasteiger partial charge < -0.3 is 31.7 Å². The lowest BCUT2D eigenvalue weighted by Crippen LogP contribution is -2.50. The number of benzene rings is 2. The third kappa shape index (κ3) is 5.96. The van der Waals surface area contributed by atoms with Gasteiger partial charge in [0.05, 0.1) is 23.2 Å². The molecule has 9 heteroatoms. The molecule has 0 bridgehead atoms. The van der Waals surface area contributed by atoms with Gasteiger partial charge in [-0.1, -0.05) is 32.0 Å². The molecule has 0 radical (unpaired) electrons. The minimum atomic E-state index is -0.736. The van der Waals surface area contributed by atoms with Crippen LogP contribution in [0.1, 0.15) is 44.7 Å². The summed E-state index contributed by atoms with van der Waals surface area (Å²) >= 11 is 0. The number of halogens is 1. The lowest BCUT2D eigenvalue weighted by atomic mass is 9.74. The smallest absolute Gasteiger partial charge is 0.319 e. The fraction of sp³-hybridized carbons (Fsp3) is 0.440. The number of aliphatic imine (C=N–C) groups is 1. The Kier molecular flexibility index (Phi) is 7.66. The zero-order chi connectivity index (χ0) is 25.0. The molecule has 0 aliphatic carbocycles. The summed E-state index contributed by atoms with van der Waals surface area (Å²) in [6, 6.07) is 8.31. The summed E-state index contributed by atoms with van der Waals surface area (Å²) in [6.45, 7) is 6.07. The van der Waals surface area contributed by atoms with E-state index >= 15 is 0 Å². The van der Waals surface area contributed by atoms with E-state index in [9.17, 15) is 24.5 Å². The van der Waals surface area contributed by atoms with Gasteiger partial charge in [0.25, 0.3) is 0 Å². The Morgan fingerprint density at radius 3 is 2.71 bits per heavy atom. The number of carbonyl (C=O) groups is 1. The normalized spacial score (nSPS) is 22.4. The van der Waals surface area contributed by atoms with Crippen molar-refractivity contribution in [1.82, 2.24) is 5.32 Å². The number of urea groups is 1. The van der Waals surface area contributed by atoms with Crippen molar-refractivity contribution in [2.45, 2.75) is 58.2 Å². The first-order chi connectivity index (χ1) is 16.0. The predicted octanol–water partition coefficient (Wildman–Crippen LogP) is 3.64. The topological polar surface area (TPSA) is 140 Å². The monoisotopic (exact) mass is 472 g/mol. The Bertz CT molecular complexity index is 1070. The Labute approximate surface area is 198 Å². The molecule has 0 spiro atoms. The molecule has 0 saturated heterocycles. The Balaban J connectivity index is 1.62. The second kappa shape index (κ2) is 10.3. The third-order valence-corrected chi connectivity index (χ3v) is 6.09. The number of nitrogens with one attached hydrogen (secondary N) is 2. The first kappa shape index (κ1) is 25.3. The molecule has 7 N–H and O–H groups in total. The average Bonchev–Trinajstić information content (AvgIpc) is 2.74. The lowest BCUT2D eigenvalue weighted by Gasteiger charge is -2.41. The summed E-state index contributed by atoms with van der Waals surface area (Å²) < 4.78 is 14.9. The largest absolute Gasteiger partial charge is 0.504 e. The summed E-state index contributed by atoms with van der Waals surface area (Å²) in [5.41, 5.74) is 6.43. The van der Waals surface area contributed by atoms with Gasteiger partial charge in [-0.05, 0) is 60.9 Å². The molecule has 184 valence electrons. The number of para-hydroxylation sites is 1. The molecule has 34 heavy (non-hydrogen) atoms.